The Bertz CT molecular complexity index is 491. The standard InChI is InChI=1S/C18H30N4O2/c23-17(19-9-18(24)21-6-3-4-7-21)13-20-10-14-11-22-8-2-1-5-16(22)15(14)12-20/h14-16H,1-13H2,(H,19,23)/t14-,15+,16-/m1/s1. The second kappa shape index (κ2) is 7.00. The average Bonchev–Trinajstić information content (AvgIpc) is 3.28. The van der Waals surface area contributed by atoms with Crippen LogP contribution >= 0.6 is 0 Å². The molecule has 0 bridgehead atoms. The monoisotopic (exact) mass is 334 g/mol. The van der Waals surface area contributed by atoms with Crippen molar-refractivity contribution in [2.45, 2.75) is 38.1 Å². The number of carbonyl (C=O) groups is 2. The van der Waals surface area contributed by atoms with Gasteiger partial charge in [0.15, 0.2) is 0 Å². The highest BCUT2D eigenvalue weighted by molar-refractivity contribution is 5.85. The lowest BCUT2D eigenvalue weighted by Gasteiger charge is -2.33. The third-order valence-corrected chi connectivity index (χ3v) is 6.46. The van der Waals surface area contributed by atoms with Crippen LogP contribution in [0, 0.1) is 11.8 Å². The van der Waals surface area contributed by atoms with E-state index in [2.05, 4.69) is 15.1 Å². The zero-order chi connectivity index (χ0) is 16.5. The van der Waals surface area contributed by atoms with E-state index in [1.807, 2.05) is 4.90 Å². The van der Waals surface area contributed by atoms with E-state index in [1.165, 1.54) is 32.4 Å². The Kier molecular flexibility index (Phi) is 4.77. The van der Waals surface area contributed by atoms with E-state index in [0.717, 1.165) is 56.9 Å². The van der Waals surface area contributed by atoms with Gasteiger partial charge in [-0.15, -0.1) is 0 Å². The van der Waals surface area contributed by atoms with E-state index < -0.39 is 0 Å². The maximum absolute atomic E-state index is 12.2. The first-order chi connectivity index (χ1) is 11.7. The summed E-state index contributed by atoms with van der Waals surface area (Å²) in [5, 5.41) is 2.83. The zero-order valence-corrected chi connectivity index (χ0v) is 14.6. The lowest BCUT2D eigenvalue weighted by molar-refractivity contribution is -0.132. The van der Waals surface area contributed by atoms with Crippen LogP contribution in [-0.4, -0.2) is 84.9 Å². The molecule has 4 aliphatic rings. The molecule has 6 heteroatoms. The average molecular weight is 334 g/mol. The van der Waals surface area contributed by atoms with Crippen molar-refractivity contribution in [3.8, 4) is 0 Å². The van der Waals surface area contributed by atoms with E-state index >= 15 is 0 Å². The van der Waals surface area contributed by atoms with Crippen molar-refractivity contribution in [1.82, 2.24) is 20.0 Å². The van der Waals surface area contributed by atoms with Crippen LogP contribution < -0.4 is 5.32 Å². The van der Waals surface area contributed by atoms with Gasteiger partial charge < -0.3 is 10.2 Å². The first-order valence-electron chi connectivity index (χ1n) is 9.71. The summed E-state index contributed by atoms with van der Waals surface area (Å²) < 4.78 is 0. The molecule has 4 aliphatic heterocycles. The minimum atomic E-state index is 0.00280. The fourth-order valence-electron chi connectivity index (χ4n) is 5.29. The summed E-state index contributed by atoms with van der Waals surface area (Å²) in [6.07, 6.45) is 6.24. The Labute approximate surface area is 144 Å². The predicted octanol–water partition coefficient (Wildman–Crippen LogP) is 0.141. The number of rotatable bonds is 4. The van der Waals surface area contributed by atoms with E-state index in [9.17, 15) is 9.59 Å². The van der Waals surface area contributed by atoms with Crippen LogP contribution in [0.3, 0.4) is 0 Å². The molecule has 4 heterocycles. The van der Waals surface area contributed by atoms with E-state index in [4.69, 9.17) is 0 Å². The van der Waals surface area contributed by atoms with Gasteiger partial charge in [0.2, 0.25) is 11.8 Å². The molecule has 0 radical (unpaired) electrons. The summed E-state index contributed by atoms with van der Waals surface area (Å²) in [4.78, 5) is 31.0. The minimum Gasteiger partial charge on any atom is -0.346 e. The Morgan fingerprint density at radius 1 is 0.958 bits per heavy atom. The summed E-state index contributed by atoms with van der Waals surface area (Å²) in [5.74, 6) is 1.57. The molecule has 3 atom stereocenters. The Morgan fingerprint density at radius 2 is 1.75 bits per heavy atom. The smallest absolute Gasteiger partial charge is 0.241 e. The fourth-order valence-corrected chi connectivity index (χ4v) is 5.29. The summed E-state index contributed by atoms with van der Waals surface area (Å²) >= 11 is 0. The van der Waals surface area contributed by atoms with Gasteiger partial charge in [-0.3, -0.25) is 19.4 Å². The van der Waals surface area contributed by atoms with Crippen molar-refractivity contribution >= 4 is 11.8 Å². The van der Waals surface area contributed by atoms with Crippen molar-refractivity contribution in [2.75, 3.05) is 52.4 Å². The van der Waals surface area contributed by atoms with E-state index in [0.29, 0.717) is 6.54 Å². The largest absolute Gasteiger partial charge is 0.346 e. The Balaban J connectivity index is 1.21. The molecule has 2 amide bonds. The van der Waals surface area contributed by atoms with Crippen LogP contribution in [-0.2, 0) is 9.59 Å². The van der Waals surface area contributed by atoms with Crippen molar-refractivity contribution < 1.29 is 9.59 Å². The SMILES string of the molecule is O=C(CN1C[C@@H]2CN3CCCC[C@@H]3[C@H]2C1)NCC(=O)N1CCCC1. The van der Waals surface area contributed by atoms with E-state index in [-0.39, 0.29) is 18.4 Å². The van der Waals surface area contributed by atoms with Gasteiger partial charge in [0.05, 0.1) is 13.1 Å². The normalized spacial score (nSPS) is 33.5. The molecule has 4 fully saturated rings. The molecule has 0 aromatic carbocycles. The molecule has 1 N–H and O–H groups in total. The van der Waals surface area contributed by atoms with Crippen LogP contribution in [0.15, 0.2) is 0 Å². The molecule has 4 saturated heterocycles. The van der Waals surface area contributed by atoms with Crippen LogP contribution in [0.2, 0.25) is 0 Å². The second-order valence-electron chi connectivity index (χ2n) is 8.04. The van der Waals surface area contributed by atoms with Crippen LogP contribution in [0.5, 0.6) is 0 Å². The molecular weight excluding hydrogens is 304 g/mol. The third kappa shape index (κ3) is 3.31. The maximum Gasteiger partial charge on any atom is 0.241 e. The summed E-state index contributed by atoms with van der Waals surface area (Å²) in [5.41, 5.74) is 0. The van der Waals surface area contributed by atoms with Gasteiger partial charge in [0.25, 0.3) is 0 Å². The van der Waals surface area contributed by atoms with Crippen molar-refractivity contribution in [3.63, 3.8) is 0 Å². The lowest BCUT2D eigenvalue weighted by atomic mass is 9.90. The van der Waals surface area contributed by atoms with E-state index in [1.54, 1.807) is 0 Å². The highest BCUT2D eigenvalue weighted by atomic mass is 16.2. The number of amides is 2. The lowest BCUT2D eigenvalue weighted by Crippen LogP contribution is -2.44. The molecule has 24 heavy (non-hydrogen) atoms. The molecule has 0 aromatic heterocycles. The maximum atomic E-state index is 12.2. The number of carbonyl (C=O) groups excluding carboxylic acids is 2. The Morgan fingerprint density at radius 3 is 2.58 bits per heavy atom. The summed E-state index contributed by atoms with van der Waals surface area (Å²) in [6.45, 7) is 6.91. The number of nitrogens with zero attached hydrogens (tertiary/aromatic N) is 3. The highest BCUT2D eigenvalue weighted by Crippen LogP contribution is 2.40. The third-order valence-electron chi connectivity index (χ3n) is 6.46. The second-order valence-corrected chi connectivity index (χ2v) is 8.04. The fraction of sp³-hybridized carbons (Fsp3) is 0.889. The zero-order valence-electron chi connectivity index (χ0n) is 14.6. The molecular formula is C18H30N4O2. The molecule has 0 unspecified atom stereocenters. The van der Waals surface area contributed by atoms with Gasteiger partial charge in [0.1, 0.15) is 0 Å². The highest BCUT2D eigenvalue weighted by Gasteiger charge is 2.47. The van der Waals surface area contributed by atoms with Gasteiger partial charge in [-0.1, -0.05) is 6.42 Å². The quantitative estimate of drug-likeness (QED) is 0.795. The minimum absolute atomic E-state index is 0.00280. The van der Waals surface area contributed by atoms with Crippen LogP contribution in [0.4, 0.5) is 0 Å². The Hall–Kier alpha value is -1.14. The van der Waals surface area contributed by atoms with Crippen molar-refractivity contribution in [3.05, 3.63) is 0 Å². The van der Waals surface area contributed by atoms with Crippen molar-refractivity contribution in [1.29, 1.82) is 0 Å². The number of piperidine rings is 1. The van der Waals surface area contributed by atoms with Crippen LogP contribution in [0.1, 0.15) is 32.1 Å². The van der Waals surface area contributed by atoms with Crippen molar-refractivity contribution in [2.24, 2.45) is 11.8 Å². The molecule has 0 saturated carbocycles. The van der Waals surface area contributed by atoms with Crippen LogP contribution in [0.25, 0.3) is 0 Å². The van der Waals surface area contributed by atoms with Gasteiger partial charge in [-0.2, -0.15) is 0 Å². The van der Waals surface area contributed by atoms with Gasteiger partial charge in [-0.25, -0.2) is 0 Å². The number of hydrogen-bond donors (Lipinski definition) is 1. The molecule has 0 aromatic rings. The number of likely N-dealkylation sites (tertiary alicyclic amines) is 2. The number of nitrogens with one attached hydrogen (secondary N) is 1. The molecule has 4 rings (SSSR count). The summed E-state index contributed by atoms with van der Waals surface area (Å²) in [7, 11) is 0. The molecule has 6 nitrogen and oxygen atoms in total. The summed E-state index contributed by atoms with van der Waals surface area (Å²) in [6, 6.07) is 0.758. The first-order valence-corrected chi connectivity index (χ1v) is 9.71. The first kappa shape index (κ1) is 16.3. The predicted molar refractivity (Wildman–Crippen MR) is 91.5 cm³/mol. The van der Waals surface area contributed by atoms with Gasteiger partial charge in [0, 0.05) is 38.8 Å². The molecule has 0 aliphatic carbocycles. The molecule has 0 spiro atoms. The number of hydrogen-bond acceptors (Lipinski definition) is 4. The van der Waals surface area contributed by atoms with Gasteiger partial charge in [-0.05, 0) is 44.1 Å². The molecule has 134 valence electrons. The topological polar surface area (TPSA) is 55.9 Å². The van der Waals surface area contributed by atoms with Gasteiger partial charge >= 0.3 is 0 Å². The number of fused-ring (bicyclic) bond motifs is 3.